The number of benzene rings is 5. The fraction of sp³-hybridized carbons (Fsp3) is 0.258. The van der Waals surface area contributed by atoms with Gasteiger partial charge in [-0.1, -0.05) is 104 Å². The number of pyridine rings is 4. The number of anilines is 4. The van der Waals surface area contributed by atoms with Gasteiger partial charge in [-0.05, 0) is 84.3 Å². The number of para-hydroxylation sites is 4. The summed E-state index contributed by atoms with van der Waals surface area (Å²) in [7, 11) is 0. The van der Waals surface area contributed by atoms with Gasteiger partial charge in [0.2, 0.25) is 0 Å². The first-order valence-corrected chi connectivity index (χ1v) is 26.1. The summed E-state index contributed by atoms with van der Waals surface area (Å²) in [5, 5.41) is 14.1. The Morgan fingerprint density at radius 1 is 0.346 bits per heavy atom. The van der Waals surface area contributed by atoms with Crippen LogP contribution in [0.25, 0.3) is 43.6 Å². The number of aromatic nitrogens is 4. The van der Waals surface area contributed by atoms with E-state index < -0.39 is 23.6 Å². The van der Waals surface area contributed by atoms with Gasteiger partial charge in [-0.15, -0.1) is 0 Å². The van der Waals surface area contributed by atoms with E-state index in [1.54, 1.807) is 72.8 Å². The highest BCUT2D eigenvalue weighted by Crippen LogP contribution is 2.38. The van der Waals surface area contributed by atoms with Crippen molar-refractivity contribution >= 4 is 90.0 Å². The maximum atomic E-state index is 14.6. The van der Waals surface area contributed by atoms with E-state index in [1.165, 1.54) is 0 Å². The average molecular weight is 1050 g/mol. The van der Waals surface area contributed by atoms with Crippen molar-refractivity contribution in [3.05, 3.63) is 156 Å². The molecular formula is C62H62N8O8. The highest BCUT2D eigenvalue weighted by Gasteiger charge is 2.24. The molecule has 78 heavy (non-hydrogen) atoms. The molecule has 0 aliphatic heterocycles. The second-order valence-corrected chi connectivity index (χ2v) is 20.7. The molecule has 4 amide bonds. The van der Waals surface area contributed by atoms with Crippen LogP contribution < -0.4 is 40.2 Å². The second kappa shape index (κ2) is 23.8. The maximum absolute atomic E-state index is 14.6. The largest absolute Gasteiger partial charge is 0.493 e. The smallest absolute Gasteiger partial charge is 0.274 e. The molecule has 0 aliphatic rings. The van der Waals surface area contributed by atoms with Crippen LogP contribution in [0.1, 0.15) is 97.3 Å². The number of hydrogen-bond acceptors (Lipinski definition) is 12. The molecule has 4 heterocycles. The lowest BCUT2D eigenvalue weighted by molar-refractivity contribution is 0.101. The summed E-state index contributed by atoms with van der Waals surface area (Å²) in [5.41, 5.74) is 3.12. The zero-order chi connectivity index (χ0) is 55.0. The molecule has 4 N–H and O–H groups in total. The zero-order valence-electron chi connectivity index (χ0n) is 44.9. The summed E-state index contributed by atoms with van der Waals surface area (Å²) >= 11 is 0. The molecular weight excluding hydrogens is 985 g/mol. The minimum atomic E-state index is -0.618. The van der Waals surface area contributed by atoms with E-state index in [1.807, 2.05) is 116 Å². The number of rotatable bonds is 20. The predicted octanol–water partition coefficient (Wildman–Crippen LogP) is 13.0. The molecule has 0 aliphatic carbocycles. The molecule has 9 aromatic rings. The molecule has 0 saturated heterocycles. The van der Waals surface area contributed by atoms with Crippen molar-refractivity contribution < 1.29 is 38.1 Å². The zero-order valence-corrected chi connectivity index (χ0v) is 44.9. The molecule has 16 heteroatoms. The molecule has 0 fully saturated rings. The first kappa shape index (κ1) is 53.6. The molecule has 0 unspecified atom stereocenters. The lowest BCUT2D eigenvalue weighted by atomic mass is 10.1. The molecule has 4 aromatic heterocycles. The van der Waals surface area contributed by atoms with Gasteiger partial charge in [0.15, 0.2) is 0 Å². The van der Waals surface area contributed by atoms with Crippen LogP contribution in [-0.4, -0.2) is 70.0 Å². The highest BCUT2D eigenvalue weighted by molar-refractivity contribution is 6.15. The van der Waals surface area contributed by atoms with Crippen LogP contribution in [0.15, 0.2) is 133 Å². The summed E-state index contributed by atoms with van der Waals surface area (Å²) in [4.78, 5) is 76.4. The minimum absolute atomic E-state index is 0.0171. The van der Waals surface area contributed by atoms with E-state index in [9.17, 15) is 19.2 Å². The Morgan fingerprint density at radius 2 is 0.590 bits per heavy atom. The fourth-order valence-electron chi connectivity index (χ4n) is 8.30. The van der Waals surface area contributed by atoms with Crippen molar-refractivity contribution in [2.45, 2.75) is 55.4 Å². The number of nitrogens with one attached hydrogen (secondary N) is 4. The van der Waals surface area contributed by atoms with Crippen molar-refractivity contribution in [2.24, 2.45) is 23.7 Å². The van der Waals surface area contributed by atoms with Gasteiger partial charge in [-0.25, -0.2) is 19.9 Å². The van der Waals surface area contributed by atoms with Gasteiger partial charge in [0.05, 0.1) is 37.8 Å². The Kier molecular flexibility index (Phi) is 16.4. The number of fused-ring (bicyclic) bond motifs is 6. The molecule has 0 spiro atoms. The average Bonchev–Trinajstić information content (AvgIpc) is 3.62. The number of hydrogen-bond donors (Lipinski definition) is 4. The normalized spacial score (nSPS) is 11.4. The van der Waals surface area contributed by atoms with Crippen LogP contribution in [-0.2, 0) is 0 Å². The topological polar surface area (TPSA) is 205 Å². The fourth-order valence-corrected chi connectivity index (χ4v) is 8.30. The summed E-state index contributed by atoms with van der Waals surface area (Å²) in [5.74, 6) is 0.103. The Morgan fingerprint density at radius 3 is 0.846 bits per heavy atom. The molecule has 398 valence electrons. The SMILES string of the molecule is CC(C)COc1cc(C(=O)Nc2ccccc2)nc2c1ccc1c(OCC(C)C)cc(C(=O)Nc3ccccc3NC(=O)c3cc(OCC(C)C)c4ccc5c(OCC(C)C)cc(C(=O)Nc6ccccc6)nc5c4n3)nc12. The summed E-state index contributed by atoms with van der Waals surface area (Å²) in [6.07, 6.45) is 0. The quantitative estimate of drug-likeness (QED) is 0.0526. The third-order valence-electron chi connectivity index (χ3n) is 12.1. The Hall–Kier alpha value is -9.18. The lowest BCUT2D eigenvalue weighted by Crippen LogP contribution is -2.19. The van der Waals surface area contributed by atoms with E-state index >= 15 is 0 Å². The highest BCUT2D eigenvalue weighted by atomic mass is 16.5. The van der Waals surface area contributed by atoms with Crippen molar-refractivity contribution in [1.29, 1.82) is 0 Å². The first-order valence-electron chi connectivity index (χ1n) is 26.1. The lowest BCUT2D eigenvalue weighted by Gasteiger charge is -2.17. The van der Waals surface area contributed by atoms with Crippen LogP contribution in [0.3, 0.4) is 0 Å². The number of amides is 4. The van der Waals surface area contributed by atoms with Crippen LogP contribution in [0, 0.1) is 23.7 Å². The standard InChI is InChI=1S/C62H62N8O8/c1-35(2)31-75-51-27-47(59(71)63-39-17-11-9-12-18-39)65-55-41(51)23-25-43-53(77-33-37(5)6)29-49(67-57(43)55)61(73)69-45-21-15-16-22-46(45)70-62(74)50-30-54(78-34-38(7)8)44-26-24-42-52(76-32-36(3)4)28-48(66-56(42)58(44)68-50)60(72)64-40-19-13-10-14-20-40/h9-30,35-38H,31-34H2,1-8H3,(H,63,71)(H,64,72)(H,69,73)(H,70,74). The molecule has 16 nitrogen and oxygen atoms in total. The van der Waals surface area contributed by atoms with Crippen molar-refractivity contribution in [1.82, 2.24) is 19.9 Å². The predicted molar refractivity (Wildman–Crippen MR) is 307 cm³/mol. The third kappa shape index (κ3) is 12.6. The van der Waals surface area contributed by atoms with Gasteiger partial charge < -0.3 is 40.2 Å². The van der Waals surface area contributed by atoms with E-state index in [4.69, 9.17) is 38.9 Å². The second-order valence-electron chi connectivity index (χ2n) is 20.7. The minimum Gasteiger partial charge on any atom is -0.493 e. The number of carbonyl (C=O) groups excluding carboxylic acids is 4. The Labute approximate surface area is 452 Å². The van der Waals surface area contributed by atoms with Crippen molar-refractivity contribution in [2.75, 3.05) is 47.7 Å². The number of carbonyl (C=O) groups is 4. The van der Waals surface area contributed by atoms with Gasteiger partial charge in [-0.3, -0.25) is 19.2 Å². The molecule has 9 rings (SSSR count). The van der Waals surface area contributed by atoms with Gasteiger partial charge >= 0.3 is 0 Å². The third-order valence-corrected chi connectivity index (χ3v) is 12.1. The van der Waals surface area contributed by atoms with Gasteiger partial charge in [0.25, 0.3) is 23.6 Å². The molecule has 0 atom stereocenters. The molecule has 0 saturated carbocycles. The Bertz CT molecular complexity index is 3460. The van der Waals surface area contributed by atoms with E-state index in [0.717, 1.165) is 0 Å². The van der Waals surface area contributed by atoms with Crippen LogP contribution in [0.2, 0.25) is 0 Å². The van der Waals surface area contributed by atoms with Crippen LogP contribution in [0.4, 0.5) is 22.7 Å². The van der Waals surface area contributed by atoms with Gasteiger partial charge in [0, 0.05) is 57.2 Å². The monoisotopic (exact) mass is 1050 g/mol. The number of nitrogens with zero attached hydrogens (tertiary/aromatic N) is 4. The summed E-state index contributed by atoms with van der Waals surface area (Å²) in [6, 6.07) is 38.7. The first-order chi connectivity index (χ1) is 37.6. The van der Waals surface area contributed by atoms with Gasteiger partial charge in [-0.2, -0.15) is 0 Å². The van der Waals surface area contributed by atoms with E-state index in [-0.39, 0.29) is 57.8 Å². The van der Waals surface area contributed by atoms with E-state index in [0.29, 0.717) is 104 Å². The molecule has 0 bridgehead atoms. The van der Waals surface area contributed by atoms with Crippen LogP contribution in [0.5, 0.6) is 23.0 Å². The van der Waals surface area contributed by atoms with Gasteiger partial charge in [0.1, 0.15) is 67.8 Å². The van der Waals surface area contributed by atoms with E-state index in [2.05, 4.69) is 21.3 Å². The number of ether oxygens (including phenoxy) is 4. The van der Waals surface area contributed by atoms with Crippen LogP contribution >= 0.6 is 0 Å². The summed E-state index contributed by atoms with van der Waals surface area (Å²) in [6.45, 7) is 17.6. The molecule has 0 radical (unpaired) electrons. The molecule has 5 aromatic carbocycles. The summed E-state index contributed by atoms with van der Waals surface area (Å²) < 4.78 is 25.3. The van der Waals surface area contributed by atoms with Crippen molar-refractivity contribution in [3.63, 3.8) is 0 Å². The Balaban J connectivity index is 1.09. The maximum Gasteiger partial charge on any atom is 0.274 e. The van der Waals surface area contributed by atoms with Crippen molar-refractivity contribution in [3.8, 4) is 23.0 Å².